The number of ether oxygens (including phenoxy) is 1. The molecule has 3 rings (SSSR count). The van der Waals surface area contributed by atoms with E-state index in [1.165, 1.54) is 37.5 Å². The first-order valence-electron chi connectivity index (χ1n) is 9.42. The van der Waals surface area contributed by atoms with E-state index in [1.54, 1.807) is 0 Å². The summed E-state index contributed by atoms with van der Waals surface area (Å²) in [7, 11) is -2.91. The molecule has 0 saturated carbocycles. The van der Waals surface area contributed by atoms with E-state index in [2.05, 4.69) is 4.72 Å². The standard InChI is InChI=1S/C19H25N3O6S3/c1-13-12-30(24,25)22(19(13)23)14-7-8-16(28-4)18(10-14)31(26,27)20-11-15(21(2)3)17-6-5-9-29-17/h5-10,13,15,20H,11-12H2,1-4H3. The van der Waals surface area contributed by atoms with Gasteiger partial charge in [0, 0.05) is 11.4 Å². The van der Waals surface area contributed by atoms with Crippen molar-refractivity contribution in [2.75, 3.05) is 37.8 Å². The molecule has 2 unspecified atom stereocenters. The second kappa shape index (κ2) is 8.87. The van der Waals surface area contributed by atoms with Crippen LogP contribution >= 0.6 is 11.3 Å². The van der Waals surface area contributed by atoms with Crippen LogP contribution in [-0.2, 0) is 24.8 Å². The number of hydrogen-bond acceptors (Lipinski definition) is 8. The van der Waals surface area contributed by atoms with Crippen molar-refractivity contribution >= 4 is 43.0 Å². The van der Waals surface area contributed by atoms with E-state index >= 15 is 0 Å². The molecule has 2 aromatic rings. The molecule has 1 N–H and O–H groups in total. The van der Waals surface area contributed by atoms with E-state index in [-0.39, 0.29) is 34.7 Å². The molecule has 1 aromatic carbocycles. The number of benzene rings is 1. The van der Waals surface area contributed by atoms with Crippen LogP contribution in [0.3, 0.4) is 0 Å². The highest BCUT2D eigenvalue weighted by Crippen LogP contribution is 2.34. The average molecular weight is 488 g/mol. The van der Waals surface area contributed by atoms with Crippen LogP contribution < -0.4 is 13.8 Å². The maximum atomic E-state index is 13.1. The molecule has 2 atom stereocenters. The third kappa shape index (κ3) is 4.77. The number of nitrogens with one attached hydrogen (secondary N) is 1. The summed E-state index contributed by atoms with van der Waals surface area (Å²) in [6.45, 7) is 1.62. The highest BCUT2D eigenvalue weighted by molar-refractivity contribution is 7.94. The minimum atomic E-state index is -4.07. The molecule has 0 spiro atoms. The molecule has 2 heterocycles. The molecule has 1 fully saturated rings. The van der Waals surface area contributed by atoms with E-state index in [0.717, 1.165) is 10.9 Å². The summed E-state index contributed by atoms with van der Waals surface area (Å²) in [6.07, 6.45) is 0. The summed E-state index contributed by atoms with van der Waals surface area (Å²) >= 11 is 1.52. The maximum Gasteiger partial charge on any atom is 0.244 e. The Kier molecular flexibility index (Phi) is 6.77. The number of thiophene rings is 1. The number of anilines is 1. The van der Waals surface area contributed by atoms with Gasteiger partial charge in [-0.05, 0) is 43.7 Å². The van der Waals surface area contributed by atoms with Gasteiger partial charge in [0.05, 0.1) is 30.5 Å². The van der Waals surface area contributed by atoms with Gasteiger partial charge in [0.1, 0.15) is 10.6 Å². The quantitative estimate of drug-likeness (QED) is 0.602. The summed E-state index contributed by atoms with van der Waals surface area (Å²) in [5, 5.41) is 1.92. The van der Waals surface area contributed by atoms with Crippen LogP contribution in [0.1, 0.15) is 17.8 Å². The number of methoxy groups -OCH3 is 1. The van der Waals surface area contributed by atoms with Crippen molar-refractivity contribution in [2.24, 2.45) is 5.92 Å². The second-order valence-corrected chi connectivity index (χ2v) is 12.0. The zero-order chi connectivity index (χ0) is 23.0. The lowest BCUT2D eigenvalue weighted by molar-refractivity contribution is -0.119. The molecule has 1 saturated heterocycles. The second-order valence-electron chi connectivity index (χ2n) is 7.46. The molecule has 1 aliphatic heterocycles. The zero-order valence-corrected chi connectivity index (χ0v) is 20.1. The van der Waals surface area contributed by atoms with E-state index in [9.17, 15) is 21.6 Å². The summed E-state index contributed by atoms with van der Waals surface area (Å²) in [4.78, 5) is 15.1. The Balaban J connectivity index is 1.95. The Hall–Kier alpha value is -1.99. The fourth-order valence-electron chi connectivity index (χ4n) is 3.37. The number of carbonyl (C=O) groups excluding carboxylic acids is 1. The van der Waals surface area contributed by atoms with Gasteiger partial charge in [-0.1, -0.05) is 13.0 Å². The third-order valence-corrected chi connectivity index (χ3v) is 9.28. The summed E-state index contributed by atoms with van der Waals surface area (Å²) in [6, 6.07) is 7.50. The predicted octanol–water partition coefficient (Wildman–Crippen LogP) is 1.65. The monoisotopic (exact) mass is 487 g/mol. The van der Waals surface area contributed by atoms with E-state index in [0.29, 0.717) is 4.31 Å². The highest BCUT2D eigenvalue weighted by Gasteiger charge is 2.42. The number of likely N-dealkylation sites (N-methyl/N-ethyl adjacent to an activating group) is 1. The molecule has 9 nitrogen and oxygen atoms in total. The normalized spacial score (nSPS) is 19.7. The van der Waals surface area contributed by atoms with Crippen LogP contribution in [0, 0.1) is 5.92 Å². The van der Waals surface area contributed by atoms with Gasteiger partial charge >= 0.3 is 0 Å². The molecule has 1 aromatic heterocycles. The number of rotatable bonds is 8. The highest BCUT2D eigenvalue weighted by atomic mass is 32.2. The van der Waals surface area contributed by atoms with Gasteiger partial charge in [-0.3, -0.25) is 4.79 Å². The van der Waals surface area contributed by atoms with E-state index in [4.69, 9.17) is 4.74 Å². The molecule has 0 bridgehead atoms. The summed E-state index contributed by atoms with van der Waals surface area (Å²) in [5.74, 6) is -1.56. The Labute approximate surface area is 186 Å². The van der Waals surface area contributed by atoms with Crippen LogP contribution in [0.5, 0.6) is 5.75 Å². The van der Waals surface area contributed by atoms with Crippen molar-refractivity contribution in [3.8, 4) is 5.75 Å². The maximum absolute atomic E-state index is 13.1. The first-order valence-corrected chi connectivity index (χ1v) is 13.4. The van der Waals surface area contributed by atoms with Crippen molar-refractivity contribution in [3.05, 3.63) is 40.6 Å². The Bertz CT molecular complexity index is 1160. The molecule has 1 amide bonds. The fraction of sp³-hybridized carbons (Fsp3) is 0.421. The van der Waals surface area contributed by atoms with E-state index in [1.807, 2.05) is 36.5 Å². The molecule has 1 aliphatic rings. The van der Waals surface area contributed by atoms with Crippen LogP contribution in [0.2, 0.25) is 0 Å². The number of sulfonamides is 2. The first kappa shape index (κ1) is 23.7. The average Bonchev–Trinajstić information content (AvgIpc) is 3.27. The number of hydrogen-bond donors (Lipinski definition) is 1. The molecular weight excluding hydrogens is 462 g/mol. The minimum absolute atomic E-state index is 0.0297. The smallest absolute Gasteiger partial charge is 0.244 e. The topological polar surface area (TPSA) is 113 Å². The molecule has 31 heavy (non-hydrogen) atoms. The van der Waals surface area contributed by atoms with Crippen LogP contribution in [0.15, 0.2) is 40.6 Å². The number of nitrogens with zero attached hydrogens (tertiary/aromatic N) is 2. The summed E-state index contributed by atoms with van der Waals surface area (Å²) in [5.41, 5.74) is -0.0297. The Morgan fingerprint density at radius 3 is 2.55 bits per heavy atom. The molecule has 0 radical (unpaired) electrons. The predicted molar refractivity (Wildman–Crippen MR) is 119 cm³/mol. The number of carbonyl (C=O) groups is 1. The van der Waals surface area contributed by atoms with E-state index < -0.39 is 31.9 Å². The van der Waals surface area contributed by atoms with Gasteiger partial charge < -0.3 is 9.64 Å². The van der Waals surface area contributed by atoms with Crippen molar-refractivity contribution in [2.45, 2.75) is 17.9 Å². The van der Waals surface area contributed by atoms with Gasteiger partial charge in [0.2, 0.25) is 26.0 Å². The molecular formula is C19H25N3O6S3. The molecule has 0 aliphatic carbocycles. The van der Waals surface area contributed by atoms with Crippen molar-refractivity contribution in [1.82, 2.24) is 9.62 Å². The molecule has 170 valence electrons. The van der Waals surface area contributed by atoms with Gasteiger partial charge in [-0.2, -0.15) is 0 Å². The Morgan fingerprint density at radius 2 is 2.03 bits per heavy atom. The lowest BCUT2D eigenvalue weighted by atomic mass is 10.2. The van der Waals surface area contributed by atoms with Gasteiger partial charge in [0.15, 0.2) is 0 Å². The lowest BCUT2D eigenvalue weighted by Gasteiger charge is -2.24. The Morgan fingerprint density at radius 1 is 1.32 bits per heavy atom. The van der Waals surface area contributed by atoms with Crippen LogP contribution in [-0.4, -0.2) is 61.1 Å². The molecule has 12 heteroatoms. The summed E-state index contributed by atoms with van der Waals surface area (Å²) < 4.78 is 59.5. The minimum Gasteiger partial charge on any atom is -0.495 e. The van der Waals surface area contributed by atoms with Gasteiger partial charge in [-0.15, -0.1) is 11.3 Å². The van der Waals surface area contributed by atoms with Crippen molar-refractivity contribution in [3.63, 3.8) is 0 Å². The van der Waals surface area contributed by atoms with Crippen LogP contribution in [0.25, 0.3) is 0 Å². The third-order valence-electron chi connectivity index (χ3n) is 4.99. The number of amides is 1. The van der Waals surface area contributed by atoms with Crippen LogP contribution in [0.4, 0.5) is 5.69 Å². The van der Waals surface area contributed by atoms with Gasteiger partial charge in [-0.25, -0.2) is 25.9 Å². The van der Waals surface area contributed by atoms with Gasteiger partial charge in [0.25, 0.3) is 0 Å². The zero-order valence-electron chi connectivity index (χ0n) is 17.6. The van der Waals surface area contributed by atoms with Crippen molar-refractivity contribution < 1.29 is 26.4 Å². The lowest BCUT2D eigenvalue weighted by Crippen LogP contribution is -2.34. The fourth-order valence-corrected chi connectivity index (χ4v) is 7.33. The largest absolute Gasteiger partial charge is 0.495 e. The SMILES string of the molecule is COc1ccc(N2C(=O)C(C)CS2(=O)=O)cc1S(=O)(=O)NCC(c1cccs1)N(C)C. The first-order chi connectivity index (χ1) is 14.5. The van der Waals surface area contributed by atoms with Crippen molar-refractivity contribution in [1.29, 1.82) is 0 Å².